The van der Waals surface area contributed by atoms with Crippen LogP contribution in [0, 0.1) is 0 Å². The third-order valence-corrected chi connectivity index (χ3v) is 4.38. The summed E-state index contributed by atoms with van der Waals surface area (Å²) in [5, 5.41) is 4.43. The van der Waals surface area contributed by atoms with E-state index >= 15 is 0 Å². The van der Waals surface area contributed by atoms with E-state index < -0.39 is 0 Å². The van der Waals surface area contributed by atoms with E-state index in [9.17, 15) is 0 Å². The monoisotopic (exact) mass is 284 g/mol. The zero-order valence-corrected chi connectivity index (χ0v) is 12.8. The normalized spacial score (nSPS) is 18.3. The highest BCUT2D eigenvalue weighted by Crippen LogP contribution is 2.22. The van der Waals surface area contributed by atoms with Gasteiger partial charge in [-0.25, -0.2) is 9.67 Å². The largest absolute Gasteiger partial charge is 0.294 e. The van der Waals surface area contributed by atoms with Crippen LogP contribution in [0.3, 0.4) is 0 Å². The minimum atomic E-state index is 0.342. The lowest BCUT2D eigenvalue weighted by atomic mass is 10.2. The summed E-state index contributed by atoms with van der Waals surface area (Å²) >= 11 is 0. The van der Waals surface area contributed by atoms with E-state index in [4.69, 9.17) is 0 Å². The van der Waals surface area contributed by atoms with Crippen molar-refractivity contribution >= 4 is 0 Å². The van der Waals surface area contributed by atoms with E-state index in [1.165, 1.54) is 44.3 Å². The minimum absolute atomic E-state index is 0.342. The maximum absolute atomic E-state index is 4.53. The molecule has 2 aromatic rings. The summed E-state index contributed by atoms with van der Waals surface area (Å²) in [7, 11) is 0. The minimum Gasteiger partial charge on any atom is -0.294 e. The number of nitrogens with zero attached hydrogens (tertiary/aromatic N) is 4. The first-order chi connectivity index (χ1) is 10.3. The van der Waals surface area contributed by atoms with Crippen LogP contribution >= 0.6 is 0 Å². The average Bonchev–Trinajstić information content (AvgIpc) is 2.80. The highest BCUT2D eigenvalue weighted by Gasteiger charge is 2.21. The first-order valence-electron chi connectivity index (χ1n) is 8.00. The third kappa shape index (κ3) is 3.50. The molecule has 3 rings (SSSR count). The molecule has 0 amide bonds. The number of rotatable bonds is 4. The van der Waals surface area contributed by atoms with E-state index in [0.29, 0.717) is 6.04 Å². The summed E-state index contributed by atoms with van der Waals surface area (Å²) in [6.45, 7) is 5.42. The van der Waals surface area contributed by atoms with Gasteiger partial charge in [0.2, 0.25) is 0 Å². The van der Waals surface area contributed by atoms with Crippen LogP contribution in [-0.4, -0.2) is 32.8 Å². The van der Waals surface area contributed by atoms with Crippen molar-refractivity contribution in [1.82, 2.24) is 19.7 Å². The number of hydrogen-bond acceptors (Lipinski definition) is 3. The molecule has 0 radical (unpaired) electrons. The van der Waals surface area contributed by atoms with Crippen LogP contribution in [0.4, 0.5) is 0 Å². The van der Waals surface area contributed by atoms with Crippen LogP contribution in [0.15, 0.2) is 36.7 Å². The van der Waals surface area contributed by atoms with Gasteiger partial charge in [-0.15, -0.1) is 0 Å². The van der Waals surface area contributed by atoms with Gasteiger partial charge in [-0.05, 0) is 38.4 Å². The van der Waals surface area contributed by atoms with E-state index in [-0.39, 0.29) is 0 Å². The molecule has 0 N–H and O–H groups in total. The number of benzene rings is 1. The fourth-order valence-corrected chi connectivity index (χ4v) is 3.12. The van der Waals surface area contributed by atoms with Crippen LogP contribution in [0.2, 0.25) is 0 Å². The highest BCUT2D eigenvalue weighted by atomic mass is 15.4. The maximum atomic E-state index is 4.53. The van der Waals surface area contributed by atoms with Crippen molar-refractivity contribution < 1.29 is 0 Å². The molecule has 1 aromatic carbocycles. The predicted octanol–water partition coefficient (Wildman–Crippen LogP) is 3.26. The quantitative estimate of drug-likeness (QED) is 0.864. The molecule has 1 aromatic heterocycles. The fraction of sp³-hybridized carbons (Fsp3) is 0.529. The standard InChI is InChI=1S/C17H24N4/c1-15(20-11-7-2-3-8-12-20)17-18-14-19-21(17)13-16-9-5-4-6-10-16/h4-6,9-10,14-15H,2-3,7-8,11-13H2,1H3. The second kappa shape index (κ2) is 6.85. The Hall–Kier alpha value is -1.68. The second-order valence-electron chi connectivity index (χ2n) is 5.89. The lowest BCUT2D eigenvalue weighted by molar-refractivity contribution is 0.206. The van der Waals surface area contributed by atoms with Gasteiger partial charge in [0.25, 0.3) is 0 Å². The van der Waals surface area contributed by atoms with Crippen molar-refractivity contribution in [2.75, 3.05) is 13.1 Å². The van der Waals surface area contributed by atoms with Gasteiger partial charge in [-0.2, -0.15) is 5.10 Å². The SMILES string of the molecule is CC(c1ncnn1Cc1ccccc1)N1CCCCCC1. The van der Waals surface area contributed by atoms with E-state index in [2.05, 4.69) is 46.2 Å². The van der Waals surface area contributed by atoms with Crippen molar-refractivity contribution in [2.45, 2.75) is 45.2 Å². The summed E-state index contributed by atoms with van der Waals surface area (Å²) in [6, 6.07) is 10.8. The number of likely N-dealkylation sites (tertiary alicyclic amines) is 1. The molecule has 1 fully saturated rings. The Bertz CT molecular complexity index is 541. The first-order valence-corrected chi connectivity index (χ1v) is 8.00. The van der Waals surface area contributed by atoms with Gasteiger partial charge in [-0.3, -0.25) is 4.90 Å². The molecule has 0 spiro atoms. The van der Waals surface area contributed by atoms with Gasteiger partial charge in [0.1, 0.15) is 12.2 Å². The molecule has 1 saturated heterocycles. The average molecular weight is 284 g/mol. The van der Waals surface area contributed by atoms with Gasteiger partial charge in [0.05, 0.1) is 12.6 Å². The molecule has 0 bridgehead atoms. The van der Waals surface area contributed by atoms with Gasteiger partial charge in [0, 0.05) is 0 Å². The molecule has 21 heavy (non-hydrogen) atoms. The Morgan fingerprint density at radius 3 is 2.48 bits per heavy atom. The molecule has 112 valence electrons. The molecule has 1 aliphatic heterocycles. The number of hydrogen-bond donors (Lipinski definition) is 0. The molecule has 1 aliphatic rings. The molecule has 4 nitrogen and oxygen atoms in total. The maximum Gasteiger partial charge on any atom is 0.144 e. The molecule has 1 atom stereocenters. The van der Waals surface area contributed by atoms with Gasteiger partial charge in [-0.1, -0.05) is 43.2 Å². The molecule has 2 heterocycles. The van der Waals surface area contributed by atoms with Crippen LogP contribution in [0.1, 0.15) is 50.0 Å². The summed E-state index contributed by atoms with van der Waals surface area (Å²) < 4.78 is 2.05. The number of aromatic nitrogens is 3. The van der Waals surface area contributed by atoms with Crippen LogP contribution in [-0.2, 0) is 6.54 Å². The van der Waals surface area contributed by atoms with Gasteiger partial charge < -0.3 is 0 Å². The van der Waals surface area contributed by atoms with Crippen molar-refractivity contribution in [1.29, 1.82) is 0 Å². The van der Waals surface area contributed by atoms with Crippen molar-refractivity contribution in [3.8, 4) is 0 Å². The van der Waals surface area contributed by atoms with Crippen LogP contribution in [0.5, 0.6) is 0 Å². The summed E-state index contributed by atoms with van der Waals surface area (Å²) in [6.07, 6.45) is 7.01. The molecule has 4 heteroatoms. The molecule has 0 aliphatic carbocycles. The van der Waals surface area contributed by atoms with E-state index in [1.54, 1.807) is 6.33 Å². The Morgan fingerprint density at radius 1 is 1.05 bits per heavy atom. The summed E-state index contributed by atoms with van der Waals surface area (Å²) in [5.74, 6) is 1.08. The first kappa shape index (κ1) is 14.3. The second-order valence-corrected chi connectivity index (χ2v) is 5.89. The molecular formula is C17H24N4. The van der Waals surface area contributed by atoms with Crippen LogP contribution in [0.25, 0.3) is 0 Å². The summed E-state index contributed by atoms with van der Waals surface area (Å²) in [4.78, 5) is 7.08. The molecule has 1 unspecified atom stereocenters. The summed E-state index contributed by atoms with van der Waals surface area (Å²) in [5.41, 5.74) is 1.27. The van der Waals surface area contributed by atoms with E-state index in [0.717, 1.165) is 12.4 Å². The van der Waals surface area contributed by atoms with Gasteiger partial charge >= 0.3 is 0 Å². The molecular weight excluding hydrogens is 260 g/mol. The Morgan fingerprint density at radius 2 is 1.76 bits per heavy atom. The lowest BCUT2D eigenvalue weighted by Crippen LogP contribution is -2.30. The highest BCUT2D eigenvalue weighted by molar-refractivity contribution is 5.15. The fourth-order valence-electron chi connectivity index (χ4n) is 3.12. The Labute approximate surface area is 126 Å². The smallest absolute Gasteiger partial charge is 0.144 e. The van der Waals surface area contributed by atoms with E-state index in [1.807, 2.05) is 10.7 Å². The Balaban J connectivity index is 1.74. The van der Waals surface area contributed by atoms with Crippen molar-refractivity contribution in [3.63, 3.8) is 0 Å². The molecule has 0 saturated carbocycles. The predicted molar refractivity (Wildman–Crippen MR) is 84.0 cm³/mol. The van der Waals surface area contributed by atoms with Crippen molar-refractivity contribution in [3.05, 3.63) is 48.0 Å². The zero-order valence-electron chi connectivity index (χ0n) is 12.8. The topological polar surface area (TPSA) is 34.0 Å². The zero-order chi connectivity index (χ0) is 14.5. The van der Waals surface area contributed by atoms with Gasteiger partial charge in [0.15, 0.2) is 0 Å². The van der Waals surface area contributed by atoms with Crippen molar-refractivity contribution in [2.24, 2.45) is 0 Å². The lowest BCUT2D eigenvalue weighted by Gasteiger charge is -2.27. The van der Waals surface area contributed by atoms with Crippen LogP contribution < -0.4 is 0 Å². The third-order valence-electron chi connectivity index (χ3n) is 4.38. The Kier molecular flexibility index (Phi) is 4.65.